The van der Waals surface area contributed by atoms with Crippen molar-refractivity contribution < 1.29 is 4.79 Å². The molecule has 4 nitrogen and oxygen atoms in total. The molecule has 0 saturated heterocycles. The number of amides is 1. The van der Waals surface area contributed by atoms with Gasteiger partial charge < -0.3 is 5.73 Å². The Morgan fingerprint density at radius 3 is 2.23 bits per heavy atom. The highest BCUT2D eigenvalue weighted by atomic mass is 16.1. The number of anilines is 1. The first-order valence-corrected chi connectivity index (χ1v) is 7.06. The fourth-order valence-corrected chi connectivity index (χ4v) is 2.75. The lowest BCUT2D eigenvalue weighted by Gasteiger charge is -2.14. The number of nitrogens with zero attached hydrogens (tertiary/aromatic N) is 2. The van der Waals surface area contributed by atoms with E-state index in [9.17, 15) is 4.79 Å². The predicted molar refractivity (Wildman–Crippen MR) is 84.9 cm³/mol. The second-order valence-electron chi connectivity index (χ2n) is 5.30. The zero-order chi connectivity index (χ0) is 15.1. The van der Waals surface area contributed by atoms with E-state index >= 15 is 0 Å². The molecule has 0 fully saturated rings. The largest absolute Gasteiger partial charge is 0.398 e. The van der Waals surface area contributed by atoms with Gasteiger partial charge in [0.25, 0.3) is 5.91 Å². The van der Waals surface area contributed by atoms with Crippen molar-refractivity contribution in [1.82, 2.24) is 0 Å². The highest BCUT2D eigenvalue weighted by Crippen LogP contribution is 2.25. The molecule has 0 saturated carbocycles. The van der Waals surface area contributed by atoms with Gasteiger partial charge in [0.15, 0.2) is 6.04 Å². The number of hydrogen-bond donors (Lipinski definition) is 1. The van der Waals surface area contributed by atoms with E-state index in [2.05, 4.69) is 9.98 Å². The summed E-state index contributed by atoms with van der Waals surface area (Å²) in [7, 11) is 0. The van der Waals surface area contributed by atoms with E-state index in [0.717, 1.165) is 16.1 Å². The van der Waals surface area contributed by atoms with Crippen molar-refractivity contribution in [2.75, 3.05) is 5.73 Å². The zero-order valence-corrected chi connectivity index (χ0v) is 11.7. The third-order valence-corrected chi connectivity index (χ3v) is 3.87. The van der Waals surface area contributed by atoms with Crippen molar-refractivity contribution in [3.63, 3.8) is 0 Å². The van der Waals surface area contributed by atoms with E-state index in [-0.39, 0.29) is 5.91 Å². The van der Waals surface area contributed by atoms with Crippen LogP contribution in [0.15, 0.2) is 70.6 Å². The summed E-state index contributed by atoms with van der Waals surface area (Å²) in [6, 6.07) is 18.4. The van der Waals surface area contributed by atoms with Gasteiger partial charge in [-0.25, -0.2) is 4.99 Å². The normalized spacial score (nSPS) is 16.7. The van der Waals surface area contributed by atoms with Crippen molar-refractivity contribution in [3.05, 3.63) is 76.9 Å². The maximum absolute atomic E-state index is 12.3. The van der Waals surface area contributed by atoms with Crippen LogP contribution >= 0.6 is 0 Å². The highest BCUT2D eigenvalue weighted by molar-refractivity contribution is 5.87. The Bertz CT molecular complexity index is 1020. The highest BCUT2D eigenvalue weighted by Gasteiger charge is 2.23. The third kappa shape index (κ3) is 1.97. The lowest BCUT2D eigenvalue weighted by molar-refractivity contribution is -0.119. The lowest BCUT2D eigenvalue weighted by Crippen LogP contribution is -2.33. The second-order valence-corrected chi connectivity index (χ2v) is 5.30. The van der Waals surface area contributed by atoms with Crippen molar-refractivity contribution in [3.8, 4) is 0 Å². The standard InChI is InChI=1S/C18H13N3O/c19-14-8-4-3-7-13(14)17-18(22)21-16-10-12-6-2-1-5-11(12)9-15(16)20-17/h1-10,17H,19H2. The Morgan fingerprint density at radius 2 is 1.50 bits per heavy atom. The van der Waals surface area contributed by atoms with Gasteiger partial charge in [0, 0.05) is 11.3 Å². The van der Waals surface area contributed by atoms with Crippen LogP contribution in [0.25, 0.3) is 10.8 Å². The summed E-state index contributed by atoms with van der Waals surface area (Å²) in [5.74, 6) is -0.277. The monoisotopic (exact) mass is 287 g/mol. The molecule has 22 heavy (non-hydrogen) atoms. The molecule has 0 bridgehead atoms. The summed E-state index contributed by atoms with van der Waals surface area (Å²) in [4.78, 5) is 21.1. The summed E-state index contributed by atoms with van der Waals surface area (Å²) >= 11 is 0. The summed E-state index contributed by atoms with van der Waals surface area (Å²) in [5, 5.41) is 3.47. The molecule has 0 spiro atoms. The van der Waals surface area contributed by atoms with E-state index in [1.54, 1.807) is 6.07 Å². The first kappa shape index (κ1) is 12.7. The van der Waals surface area contributed by atoms with E-state index in [0.29, 0.717) is 16.6 Å². The third-order valence-electron chi connectivity index (χ3n) is 3.87. The van der Waals surface area contributed by atoms with Gasteiger partial charge >= 0.3 is 0 Å². The zero-order valence-electron chi connectivity index (χ0n) is 11.7. The van der Waals surface area contributed by atoms with Crippen molar-refractivity contribution in [1.29, 1.82) is 0 Å². The number of carbonyl (C=O) groups excluding carboxylic acids is 1. The fraction of sp³-hybridized carbons (Fsp3) is 0.0556. The quantitative estimate of drug-likeness (QED) is 0.695. The van der Waals surface area contributed by atoms with Gasteiger partial charge in [0.05, 0.1) is 10.7 Å². The van der Waals surface area contributed by atoms with Gasteiger partial charge in [-0.15, -0.1) is 0 Å². The molecule has 3 aromatic rings. The summed E-state index contributed by atoms with van der Waals surface area (Å²) in [6.07, 6.45) is 0. The van der Waals surface area contributed by atoms with Crippen LogP contribution in [0.1, 0.15) is 11.6 Å². The maximum atomic E-state index is 12.3. The minimum atomic E-state index is -0.658. The molecule has 1 heterocycles. The van der Waals surface area contributed by atoms with Crippen LogP contribution < -0.4 is 16.4 Å². The van der Waals surface area contributed by atoms with Crippen LogP contribution in [0, 0.1) is 0 Å². The molecule has 0 aliphatic carbocycles. The van der Waals surface area contributed by atoms with Crippen LogP contribution in [0.5, 0.6) is 0 Å². The van der Waals surface area contributed by atoms with E-state index in [1.165, 1.54) is 0 Å². The average molecular weight is 287 g/mol. The Morgan fingerprint density at radius 1 is 0.864 bits per heavy atom. The Kier molecular flexibility index (Phi) is 2.76. The van der Waals surface area contributed by atoms with Crippen molar-refractivity contribution in [2.24, 2.45) is 9.98 Å². The average Bonchev–Trinajstić information content (AvgIpc) is 2.53. The van der Waals surface area contributed by atoms with Crippen LogP contribution in [-0.4, -0.2) is 5.91 Å². The van der Waals surface area contributed by atoms with E-state index < -0.39 is 6.04 Å². The summed E-state index contributed by atoms with van der Waals surface area (Å²) < 4.78 is 0. The SMILES string of the molecule is Nc1ccccc1C1N=c2cc3ccccc3cc2=NC1=O. The minimum absolute atomic E-state index is 0.277. The molecule has 3 aromatic carbocycles. The molecule has 0 aromatic heterocycles. The molecule has 1 aliphatic rings. The van der Waals surface area contributed by atoms with Crippen LogP contribution in [0.4, 0.5) is 5.69 Å². The lowest BCUT2D eigenvalue weighted by atomic mass is 10.0. The number of para-hydroxylation sites is 1. The molecular weight excluding hydrogens is 274 g/mol. The van der Waals surface area contributed by atoms with Crippen LogP contribution in [-0.2, 0) is 4.79 Å². The molecule has 4 heteroatoms. The van der Waals surface area contributed by atoms with Crippen molar-refractivity contribution in [2.45, 2.75) is 6.04 Å². The number of benzene rings is 3. The molecule has 1 amide bonds. The summed E-state index contributed by atoms with van der Waals surface area (Å²) in [6.45, 7) is 0. The van der Waals surface area contributed by atoms with Gasteiger partial charge in [-0.2, -0.15) is 0 Å². The van der Waals surface area contributed by atoms with Gasteiger partial charge in [-0.1, -0.05) is 42.5 Å². The predicted octanol–water partition coefficient (Wildman–Crippen LogP) is 1.94. The molecule has 1 aliphatic heterocycles. The number of rotatable bonds is 1. The van der Waals surface area contributed by atoms with Gasteiger partial charge in [0.1, 0.15) is 0 Å². The van der Waals surface area contributed by atoms with Crippen LogP contribution in [0.2, 0.25) is 0 Å². The van der Waals surface area contributed by atoms with Crippen molar-refractivity contribution >= 4 is 22.4 Å². The number of fused-ring (bicyclic) bond motifs is 2. The number of carbonyl (C=O) groups is 1. The Hall–Kier alpha value is -3.01. The van der Waals surface area contributed by atoms with E-state index in [4.69, 9.17) is 5.73 Å². The number of nitrogens with two attached hydrogens (primary N) is 1. The molecule has 106 valence electrons. The maximum Gasteiger partial charge on any atom is 0.275 e. The van der Waals surface area contributed by atoms with Gasteiger partial charge in [-0.05, 0) is 29.0 Å². The molecule has 2 N–H and O–H groups in total. The minimum Gasteiger partial charge on any atom is -0.398 e. The topological polar surface area (TPSA) is 67.8 Å². The molecule has 0 radical (unpaired) electrons. The second kappa shape index (κ2) is 4.77. The number of nitrogen functional groups attached to an aromatic ring is 1. The van der Waals surface area contributed by atoms with Gasteiger partial charge in [0.2, 0.25) is 0 Å². The molecule has 1 unspecified atom stereocenters. The van der Waals surface area contributed by atoms with Gasteiger partial charge in [-0.3, -0.25) is 9.79 Å². The Balaban J connectivity index is 1.97. The van der Waals surface area contributed by atoms with Crippen LogP contribution in [0.3, 0.4) is 0 Å². The first-order chi connectivity index (χ1) is 10.7. The fourth-order valence-electron chi connectivity index (χ4n) is 2.75. The van der Waals surface area contributed by atoms with E-state index in [1.807, 2.05) is 54.6 Å². The smallest absolute Gasteiger partial charge is 0.275 e. The molecule has 4 rings (SSSR count). The first-order valence-electron chi connectivity index (χ1n) is 7.06. The Labute approximate surface area is 126 Å². The molecular formula is C18H13N3O. The summed E-state index contributed by atoms with van der Waals surface area (Å²) in [5.41, 5.74) is 7.23. The number of hydrogen-bond acceptors (Lipinski definition) is 3. The molecule has 1 atom stereocenters.